The second-order valence-electron chi connectivity index (χ2n) is 11.1. The molecule has 8 nitrogen and oxygen atoms in total. The first-order valence-electron chi connectivity index (χ1n) is 14.5. The smallest absolute Gasteiger partial charge is 0.347 e. The quantitative estimate of drug-likeness (QED) is 0.121. The normalized spacial score (nSPS) is 15.1. The monoisotopic (exact) mass is 618 g/mol. The first kappa shape index (κ1) is 31.8. The fourth-order valence-electron chi connectivity index (χ4n) is 5.43. The largest absolute Gasteiger partial charge is 0.497 e. The molecule has 0 saturated carbocycles. The zero-order valence-electron chi connectivity index (χ0n) is 26.3. The van der Waals surface area contributed by atoms with E-state index in [9.17, 15) is 14.4 Å². The lowest BCUT2D eigenvalue weighted by Gasteiger charge is -2.29. The van der Waals surface area contributed by atoms with Crippen LogP contribution in [0.3, 0.4) is 0 Å². The minimum Gasteiger partial charge on any atom is -0.497 e. The molecule has 4 aromatic rings. The summed E-state index contributed by atoms with van der Waals surface area (Å²) >= 11 is 0. The van der Waals surface area contributed by atoms with Crippen molar-refractivity contribution < 1.29 is 33.0 Å². The van der Waals surface area contributed by atoms with Crippen LogP contribution in [0.5, 0.6) is 23.0 Å². The van der Waals surface area contributed by atoms with Crippen LogP contribution in [-0.2, 0) is 9.59 Å². The molecule has 1 aliphatic heterocycles. The van der Waals surface area contributed by atoms with Gasteiger partial charge in [0.2, 0.25) is 0 Å². The van der Waals surface area contributed by atoms with Crippen molar-refractivity contribution in [2.75, 3.05) is 21.3 Å². The Kier molecular flexibility index (Phi) is 9.09. The minimum atomic E-state index is -0.507. The maximum Gasteiger partial charge on any atom is 0.347 e. The fourth-order valence-corrected chi connectivity index (χ4v) is 5.43. The van der Waals surface area contributed by atoms with Gasteiger partial charge in [0, 0.05) is 17.6 Å². The molecule has 8 heteroatoms. The average molecular weight is 619 g/mol. The third kappa shape index (κ3) is 6.28. The third-order valence-electron chi connectivity index (χ3n) is 7.63. The summed E-state index contributed by atoms with van der Waals surface area (Å²) in [5.41, 5.74) is 2.56. The van der Waals surface area contributed by atoms with Crippen LogP contribution in [0.4, 0.5) is 0 Å². The molecule has 0 saturated heterocycles. The zero-order valence-corrected chi connectivity index (χ0v) is 26.3. The summed E-state index contributed by atoms with van der Waals surface area (Å²) in [5.74, 6) is 1.69. The summed E-state index contributed by atoms with van der Waals surface area (Å²) in [6.07, 6.45) is 9.59. The molecule has 46 heavy (non-hydrogen) atoms. The molecule has 0 N–H and O–H groups in total. The molecular weight excluding hydrogens is 584 g/mol. The summed E-state index contributed by atoms with van der Waals surface area (Å²) in [7, 11) is 4.68. The Morgan fingerprint density at radius 1 is 0.848 bits per heavy atom. The van der Waals surface area contributed by atoms with Crippen molar-refractivity contribution in [1.82, 2.24) is 0 Å². The molecule has 2 aliphatic rings. The lowest BCUT2D eigenvalue weighted by atomic mass is 9.86. The van der Waals surface area contributed by atoms with Gasteiger partial charge < -0.3 is 23.4 Å². The van der Waals surface area contributed by atoms with Gasteiger partial charge in [0.15, 0.2) is 11.6 Å². The van der Waals surface area contributed by atoms with Gasteiger partial charge in [-0.2, -0.15) is 0 Å². The number of carbonyl (C=O) groups is 2. The third-order valence-corrected chi connectivity index (χ3v) is 7.63. The second-order valence-corrected chi connectivity index (χ2v) is 11.1. The Bertz CT molecular complexity index is 1960. The van der Waals surface area contributed by atoms with Crippen LogP contribution in [0, 0.1) is 0 Å². The number of rotatable bonds is 7. The predicted molar refractivity (Wildman–Crippen MR) is 178 cm³/mol. The molecule has 3 aromatic carbocycles. The van der Waals surface area contributed by atoms with Crippen LogP contribution in [0.15, 0.2) is 112 Å². The Balaban J connectivity index is 0.000000209. The van der Waals surface area contributed by atoms with E-state index in [-0.39, 0.29) is 17.5 Å². The Morgan fingerprint density at radius 2 is 1.54 bits per heavy atom. The van der Waals surface area contributed by atoms with Gasteiger partial charge in [-0.1, -0.05) is 48.5 Å². The zero-order chi connectivity index (χ0) is 33.0. The van der Waals surface area contributed by atoms with Crippen molar-refractivity contribution in [3.63, 3.8) is 0 Å². The average Bonchev–Trinajstić information content (AvgIpc) is 3.05. The number of hydrogen-bond acceptors (Lipinski definition) is 8. The van der Waals surface area contributed by atoms with Gasteiger partial charge in [0.05, 0.1) is 26.9 Å². The predicted octanol–water partition coefficient (Wildman–Crippen LogP) is 7.26. The SMILES string of the molecule is C=CC(C1=CC(=O)C=CC1=O)c1ccccc1.COc1ccc(-c2c(OC)c3c(OC)c4c(cc3oc2=O)OC(C)(C)C=C4)cc1. The van der Waals surface area contributed by atoms with Crippen LogP contribution in [0.2, 0.25) is 0 Å². The second kappa shape index (κ2) is 13.2. The number of allylic oxidation sites excluding steroid dienone is 5. The molecular formula is C38H34O8. The molecule has 6 rings (SSSR count). The highest BCUT2D eigenvalue weighted by Crippen LogP contribution is 2.47. The first-order valence-corrected chi connectivity index (χ1v) is 14.5. The van der Waals surface area contributed by atoms with Gasteiger partial charge in [-0.3, -0.25) is 9.59 Å². The Morgan fingerprint density at radius 3 is 2.17 bits per heavy atom. The van der Waals surface area contributed by atoms with Gasteiger partial charge >= 0.3 is 5.63 Å². The number of fused-ring (bicyclic) bond motifs is 2. The number of hydrogen-bond donors (Lipinski definition) is 0. The van der Waals surface area contributed by atoms with Crippen molar-refractivity contribution in [2.24, 2.45) is 0 Å². The first-order chi connectivity index (χ1) is 22.1. The topological polar surface area (TPSA) is 101 Å². The van der Waals surface area contributed by atoms with E-state index in [1.54, 1.807) is 50.6 Å². The molecule has 1 aliphatic carbocycles. The molecule has 0 radical (unpaired) electrons. The highest BCUT2D eigenvalue weighted by Gasteiger charge is 2.29. The van der Waals surface area contributed by atoms with Crippen molar-refractivity contribution in [1.29, 1.82) is 0 Å². The van der Waals surface area contributed by atoms with E-state index in [2.05, 4.69) is 6.58 Å². The van der Waals surface area contributed by atoms with Crippen molar-refractivity contribution in [3.05, 3.63) is 125 Å². The molecule has 234 valence electrons. The van der Waals surface area contributed by atoms with Crippen molar-refractivity contribution >= 4 is 28.6 Å². The highest BCUT2D eigenvalue weighted by molar-refractivity contribution is 6.18. The molecule has 1 atom stereocenters. The molecule has 1 unspecified atom stereocenters. The van der Waals surface area contributed by atoms with Crippen LogP contribution in [0.1, 0.15) is 30.9 Å². The summed E-state index contributed by atoms with van der Waals surface area (Å²) in [6.45, 7) is 7.65. The van der Waals surface area contributed by atoms with Gasteiger partial charge in [0.1, 0.15) is 45.1 Å². The maximum absolute atomic E-state index is 12.9. The fraction of sp³-hybridized carbons (Fsp3) is 0.184. The van der Waals surface area contributed by atoms with E-state index in [1.807, 2.05) is 56.3 Å². The summed E-state index contributed by atoms with van der Waals surface area (Å²) in [6, 6.07) is 18.4. The van der Waals surface area contributed by atoms with Crippen LogP contribution in [-0.4, -0.2) is 38.5 Å². The van der Waals surface area contributed by atoms with E-state index in [0.29, 0.717) is 50.7 Å². The Labute approximate surface area is 266 Å². The number of ketones is 2. The summed E-state index contributed by atoms with van der Waals surface area (Å²) < 4.78 is 28.3. The van der Waals surface area contributed by atoms with Gasteiger partial charge in [-0.05, 0) is 67.5 Å². The van der Waals surface area contributed by atoms with Crippen LogP contribution in [0.25, 0.3) is 28.2 Å². The van der Waals surface area contributed by atoms with E-state index in [4.69, 9.17) is 23.4 Å². The summed E-state index contributed by atoms with van der Waals surface area (Å²) in [5, 5.41) is 0.576. The number of carbonyl (C=O) groups excluding carboxylic acids is 2. The molecule has 0 bridgehead atoms. The van der Waals surface area contributed by atoms with Crippen LogP contribution >= 0.6 is 0 Å². The van der Waals surface area contributed by atoms with Gasteiger partial charge in [-0.25, -0.2) is 4.79 Å². The molecule has 0 spiro atoms. The summed E-state index contributed by atoms with van der Waals surface area (Å²) in [4.78, 5) is 36.0. The maximum atomic E-state index is 12.9. The lowest BCUT2D eigenvalue weighted by molar-refractivity contribution is -0.114. The van der Waals surface area contributed by atoms with Gasteiger partial charge in [-0.15, -0.1) is 6.58 Å². The van der Waals surface area contributed by atoms with E-state index >= 15 is 0 Å². The van der Waals surface area contributed by atoms with Gasteiger partial charge in [0.25, 0.3) is 0 Å². The number of benzene rings is 3. The van der Waals surface area contributed by atoms with E-state index in [1.165, 1.54) is 25.3 Å². The minimum absolute atomic E-state index is 0.127. The van der Waals surface area contributed by atoms with Crippen molar-refractivity contribution in [2.45, 2.75) is 25.4 Å². The Hall–Kier alpha value is -5.63. The molecule has 2 heterocycles. The number of ether oxygens (including phenoxy) is 4. The van der Waals surface area contributed by atoms with E-state index in [0.717, 1.165) is 11.1 Å². The highest BCUT2D eigenvalue weighted by atomic mass is 16.5. The van der Waals surface area contributed by atoms with Crippen molar-refractivity contribution in [3.8, 4) is 34.1 Å². The lowest BCUT2D eigenvalue weighted by Crippen LogP contribution is -2.27. The molecule has 1 aromatic heterocycles. The van der Waals surface area contributed by atoms with E-state index < -0.39 is 11.2 Å². The molecule has 0 fully saturated rings. The van der Waals surface area contributed by atoms with Crippen LogP contribution < -0.4 is 24.6 Å². The standard InChI is InChI=1S/C23H22O6.C15H12O2/c1-23(2)11-10-15-16(29-23)12-17-19(20(15)26-4)21(27-5)18(22(24)28-17)13-6-8-14(25-3)9-7-13;1-2-13(11-6-4-3-5-7-11)14-10-12(16)8-9-15(14)17/h6-12H,1-5H3;2-10,13H,1H2. The molecule has 0 amide bonds. The number of methoxy groups -OCH3 is 3.